The van der Waals surface area contributed by atoms with Gasteiger partial charge in [-0.05, 0) is 39.2 Å². The van der Waals surface area contributed by atoms with Gasteiger partial charge in [-0.25, -0.2) is 9.64 Å². The highest BCUT2D eigenvalue weighted by atomic mass is 16.6. The maximum Gasteiger partial charge on any atom is 0.408 e. The van der Waals surface area contributed by atoms with E-state index in [-0.39, 0.29) is 11.6 Å². The average molecular weight is 286 g/mol. The Bertz CT molecular complexity index is 544. The third-order valence-corrected chi connectivity index (χ3v) is 3.75. The lowest BCUT2D eigenvalue weighted by atomic mass is 9.88. The summed E-state index contributed by atoms with van der Waals surface area (Å²) in [6.07, 6.45) is 3.60. The van der Waals surface area contributed by atoms with Crippen LogP contribution >= 0.6 is 0 Å². The van der Waals surface area contributed by atoms with Gasteiger partial charge in [-0.15, -0.1) is 0 Å². The maximum atomic E-state index is 12.1. The van der Waals surface area contributed by atoms with Gasteiger partial charge >= 0.3 is 6.09 Å². The fourth-order valence-electron chi connectivity index (χ4n) is 2.82. The standard InChI is InChI=1S/C17H22N2O2/c1-16(2,3)21-15(20)19-17(11-5-6-12-17)13-7-9-14(18-4)10-8-13/h7-10H,5-6,11-12H2,1-3H3,(H,19,20). The van der Waals surface area contributed by atoms with Gasteiger partial charge in [-0.1, -0.05) is 37.1 Å². The molecule has 0 aromatic heterocycles. The second-order valence-electron chi connectivity index (χ2n) is 6.57. The molecule has 0 radical (unpaired) electrons. The highest BCUT2D eigenvalue weighted by Gasteiger charge is 2.38. The van der Waals surface area contributed by atoms with Crippen LogP contribution in [0.4, 0.5) is 10.5 Å². The minimum absolute atomic E-state index is 0.358. The summed E-state index contributed by atoms with van der Waals surface area (Å²) in [5.74, 6) is 0. The molecule has 0 heterocycles. The quantitative estimate of drug-likeness (QED) is 0.811. The third kappa shape index (κ3) is 3.75. The molecule has 0 unspecified atom stereocenters. The van der Waals surface area contributed by atoms with Crippen molar-refractivity contribution in [2.45, 2.75) is 57.6 Å². The van der Waals surface area contributed by atoms with Gasteiger partial charge in [0.05, 0.1) is 12.1 Å². The van der Waals surface area contributed by atoms with E-state index in [1.807, 2.05) is 32.9 Å². The average Bonchev–Trinajstić information content (AvgIpc) is 2.86. The van der Waals surface area contributed by atoms with Crippen LogP contribution in [0.25, 0.3) is 4.85 Å². The smallest absolute Gasteiger partial charge is 0.408 e. The molecule has 1 saturated carbocycles. The predicted molar refractivity (Wildman–Crippen MR) is 82.2 cm³/mol. The highest BCUT2D eigenvalue weighted by Crippen LogP contribution is 2.39. The van der Waals surface area contributed by atoms with Crippen molar-refractivity contribution in [3.8, 4) is 0 Å². The van der Waals surface area contributed by atoms with Crippen molar-refractivity contribution in [2.75, 3.05) is 0 Å². The number of rotatable bonds is 2. The summed E-state index contributed by atoms with van der Waals surface area (Å²) >= 11 is 0. The molecule has 112 valence electrons. The van der Waals surface area contributed by atoms with Gasteiger partial charge < -0.3 is 10.1 Å². The summed E-state index contributed by atoms with van der Waals surface area (Å²) < 4.78 is 5.39. The van der Waals surface area contributed by atoms with Gasteiger partial charge in [0, 0.05) is 0 Å². The molecular weight excluding hydrogens is 264 g/mol. The van der Waals surface area contributed by atoms with Gasteiger partial charge in [0.25, 0.3) is 0 Å². The SMILES string of the molecule is [C-]#[N+]c1ccc(C2(NC(=O)OC(C)(C)C)CCCC2)cc1. The van der Waals surface area contributed by atoms with Crippen LogP contribution in [0.15, 0.2) is 24.3 Å². The fraction of sp³-hybridized carbons (Fsp3) is 0.529. The van der Waals surface area contributed by atoms with E-state index in [0.29, 0.717) is 5.69 Å². The van der Waals surface area contributed by atoms with Crippen molar-refractivity contribution >= 4 is 11.8 Å². The van der Waals surface area contributed by atoms with Crippen molar-refractivity contribution in [3.63, 3.8) is 0 Å². The highest BCUT2D eigenvalue weighted by molar-refractivity contribution is 5.69. The molecule has 1 aliphatic carbocycles. The van der Waals surface area contributed by atoms with Crippen LogP contribution < -0.4 is 5.32 Å². The molecule has 0 saturated heterocycles. The Kier molecular flexibility index (Phi) is 4.22. The zero-order valence-corrected chi connectivity index (χ0v) is 12.9. The van der Waals surface area contributed by atoms with Crippen molar-refractivity contribution < 1.29 is 9.53 Å². The number of alkyl carbamates (subject to hydrolysis) is 1. The third-order valence-electron chi connectivity index (χ3n) is 3.75. The number of amides is 1. The molecule has 1 aromatic carbocycles. The lowest BCUT2D eigenvalue weighted by Crippen LogP contribution is -2.46. The fourth-order valence-corrected chi connectivity index (χ4v) is 2.82. The molecule has 0 spiro atoms. The minimum Gasteiger partial charge on any atom is -0.444 e. The Morgan fingerprint density at radius 2 is 1.81 bits per heavy atom. The summed E-state index contributed by atoms with van der Waals surface area (Å²) in [5.41, 5.74) is 0.809. The zero-order valence-electron chi connectivity index (χ0n) is 12.9. The second kappa shape index (κ2) is 5.77. The molecule has 0 atom stereocenters. The molecule has 1 aromatic rings. The molecule has 1 N–H and O–H groups in total. The molecule has 4 heteroatoms. The first-order chi connectivity index (χ1) is 9.85. The van der Waals surface area contributed by atoms with Crippen LogP contribution in [0.1, 0.15) is 52.0 Å². The second-order valence-corrected chi connectivity index (χ2v) is 6.57. The molecular formula is C17H22N2O2. The van der Waals surface area contributed by atoms with Gasteiger partial charge in [-0.2, -0.15) is 0 Å². The zero-order chi connectivity index (χ0) is 15.5. The summed E-state index contributed by atoms with van der Waals surface area (Å²) in [5, 5.41) is 3.06. The largest absolute Gasteiger partial charge is 0.444 e. The molecule has 21 heavy (non-hydrogen) atoms. The van der Waals surface area contributed by atoms with Gasteiger partial charge in [-0.3, -0.25) is 0 Å². The number of hydrogen-bond donors (Lipinski definition) is 1. The van der Waals surface area contributed by atoms with Crippen LogP contribution in [0.2, 0.25) is 0 Å². The Balaban J connectivity index is 2.20. The van der Waals surface area contributed by atoms with Crippen LogP contribution in [0.3, 0.4) is 0 Å². The van der Waals surface area contributed by atoms with E-state index in [4.69, 9.17) is 11.3 Å². The first-order valence-corrected chi connectivity index (χ1v) is 7.34. The van der Waals surface area contributed by atoms with Crippen molar-refractivity contribution in [1.82, 2.24) is 5.32 Å². The van der Waals surface area contributed by atoms with Crippen LogP contribution in [-0.2, 0) is 10.3 Å². The summed E-state index contributed by atoms with van der Waals surface area (Å²) in [6, 6.07) is 7.49. The van der Waals surface area contributed by atoms with Gasteiger partial charge in [0.2, 0.25) is 0 Å². The van der Waals surface area contributed by atoms with E-state index in [0.717, 1.165) is 31.2 Å². The summed E-state index contributed by atoms with van der Waals surface area (Å²) in [6.45, 7) is 12.6. The number of benzene rings is 1. The lowest BCUT2D eigenvalue weighted by Gasteiger charge is -2.32. The molecule has 0 aliphatic heterocycles. The number of nitrogens with zero attached hydrogens (tertiary/aromatic N) is 1. The first-order valence-electron chi connectivity index (χ1n) is 7.34. The van der Waals surface area contributed by atoms with Crippen molar-refractivity contribution in [2.24, 2.45) is 0 Å². The number of nitrogens with one attached hydrogen (secondary N) is 1. The first kappa shape index (κ1) is 15.4. The van der Waals surface area contributed by atoms with Crippen LogP contribution in [0.5, 0.6) is 0 Å². The Labute approximate surface area is 126 Å². The number of carbonyl (C=O) groups excluding carboxylic acids is 1. The van der Waals surface area contributed by atoms with E-state index in [1.54, 1.807) is 12.1 Å². The Morgan fingerprint density at radius 3 is 2.29 bits per heavy atom. The molecule has 4 nitrogen and oxygen atoms in total. The van der Waals surface area contributed by atoms with E-state index < -0.39 is 5.60 Å². The van der Waals surface area contributed by atoms with Crippen molar-refractivity contribution in [3.05, 3.63) is 41.2 Å². The van der Waals surface area contributed by atoms with E-state index in [1.165, 1.54) is 0 Å². The minimum atomic E-state index is -0.502. The van der Waals surface area contributed by atoms with Crippen LogP contribution in [0, 0.1) is 6.57 Å². The van der Waals surface area contributed by atoms with E-state index >= 15 is 0 Å². The molecule has 1 amide bonds. The topological polar surface area (TPSA) is 42.7 Å². The monoisotopic (exact) mass is 286 g/mol. The normalized spacial score (nSPS) is 17.0. The molecule has 1 aliphatic rings. The van der Waals surface area contributed by atoms with Gasteiger partial charge in [0.1, 0.15) is 5.60 Å². The summed E-state index contributed by atoms with van der Waals surface area (Å²) in [7, 11) is 0. The maximum absolute atomic E-state index is 12.1. The van der Waals surface area contributed by atoms with E-state index in [9.17, 15) is 4.79 Å². The predicted octanol–water partition coefficient (Wildman–Crippen LogP) is 4.53. The summed E-state index contributed by atoms with van der Waals surface area (Å²) in [4.78, 5) is 15.5. The molecule has 2 rings (SSSR count). The van der Waals surface area contributed by atoms with Crippen molar-refractivity contribution in [1.29, 1.82) is 0 Å². The molecule has 0 bridgehead atoms. The van der Waals surface area contributed by atoms with E-state index in [2.05, 4.69) is 10.2 Å². The lowest BCUT2D eigenvalue weighted by molar-refractivity contribution is 0.0453. The number of ether oxygens (including phenoxy) is 1. The molecule has 1 fully saturated rings. The Morgan fingerprint density at radius 1 is 1.24 bits per heavy atom. The number of carbonyl (C=O) groups is 1. The van der Waals surface area contributed by atoms with Crippen LogP contribution in [-0.4, -0.2) is 11.7 Å². The number of hydrogen-bond acceptors (Lipinski definition) is 2. The van der Waals surface area contributed by atoms with Gasteiger partial charge in [0.15, 0.2) is 5.69 Å². The Hall–Kier alpha value is -2.02.